The first-order valence-electron chi connectivity index (χ1n) is 8.18. The van der Waals surface area contributed by atoms with E-state index < -0.39 is 11.5 Å². The van der Waals surface area contributed by atoms with Gasteiger partial charge in [0.15, 0.2) is 6.29 Å². The van der Waals surface area contributed by atoms with Crippen LogP contribution in [0, 0.1) is 0 Å². The van der Waals surface area contributed by atoms with E-state index in [1.807, 2.05) is 6.07 Å². The van der Waals surface area contributed by atoms with Gasteiger partial charge in [0.2, 0.25) is 0 Å². The third kappa shape index (κ3) is 2.65. The Bertz CT molecular complexity index is 1050. The van der Waals surface area contributed by atoms with E-state index in [2.05, 4.69) is 0 Å². The Kier molecular flexibility index (Phi) is 4.58. The van der Waals surface area contributed by atoms with Crippen LogP contribution < -0.4 is 10.5 Å². The third-order valence-corrected chi connectivity index (χ3v) is 4.40. The molecule has 0 saturated carbocycles. The van der Waals surface area contributed by atoms with E-state index in [4.69, 9.17) is 0 Å². The van der Waals surface area contributed by atoms with E-state index in [0.717, 1.165) is 0 Å². The van der Waals surface area contributed by atoms with E-state index in [-0.39, 0.29) is 22.3 Å². The second-order valence-electron chi connectivity index (χ2n) is 5.83. The largest absolute Gasteiger partial charge is 0.507 e. The van der Waals surface area contributed by atoms with Crippen molar-refractivity contribution in [2.45, 2.75) is 6.92 Å². The molecule has 0 bridgehead atoms. The van der Waals surface area contributed by atoms with Crippen LogP contribution in [0.1, 0.15) is 27.6 Å². The number of hydrogen-bond acceptors (Lipinski definition) is 4. The maximum absolute atomic E-state index is 13.2. The molecule has 1 heterocycles. The minimum Gasteiger partial charge on any atom is -0.507 e. The molecule has 1 N–H and O–H groups in total. The van der Waals surface area contributed by atoms with Crippen LogP contribution in [0.25, 0.3) is 10.9 Å². The average Bonchev–Trinajstić information content (AvgIpc) is 2.66. The first-order chi connectivity index (χ1) is 12.5. The maximum Gasteiger partial charge on any atom is 0.264 e. The zero-order chi connectivity index (χ0) is 18.8. The number of hydrogen-bond donors (Lipinski definition) is 1. The summed E-state index contributed by atoms with van der Waals surface area (Å²) in [6.45, 7) is 2.11. The van der Waals surface area contributed by atoms with Gasteiger partial charge in [-0.05, 0) is 31.2 Å². The van der Waals surface area contributed by atoms with Gasteiger partial charge in [-0.25, -0.2) is 0 Å². The number of aromatic nitrogens is 1. The summed E-state index contributed by atoms with van der Waals surface area (Å²) in [5.74, 6) is -0.733. The summed E-state index contributed by atoms with van der Waals surface area (Å²) in [5, 5.41) is 10.4. The fraction of sp³-hybridized carbons (Fsp3) is 0.150. The monoisotopic (exact) mass is 350 g/mol. The van der Waals surface area contributed by atoms with Crippen LogP contribution in [0.3, 0.4) is 0 Å². The Balaban J connectivity index is 2.32. The molecule has 6 nitrogen and oxygen atoms in total. The van der Waals surface area contributed by atoms with Crippen LogP contribution in [-0.2, 0) is 7.05 Å². The molecule has 2 aromatic carbocycles. The molecule has 6 heteroatoms. The number of aromatic hydroxyl groups is 1. The molecule has 0 spiro atoms. The van der Waals surface area contributed by atoms with E-state index in [1.54, 1.807) is 43.3 Å². The van der Waals surface area contributed by atoms with Gasteiger partial charge < -0.3 is 14.6 Å². The van der Waals surface area contributed by atoms with Crippen molar-refractivity contribution in [2.75, 3.05) is 11.4 Å². The Morgan fingerprint density at radius 1 is 1.15 bits per heavy atom. The number of aryl methyl sites for hydroxylation is 1. The van der Waals surface area contributed by atoms with Crippen LogP contribution in [0.15, 0.2) is 53.3 Å². The number of rotatable bonds is 4. The molecule has 3 aromatic rings. The summed E-state index contributed by atoms with van der Waals surface area (Å²) < 4.78 is 1.27. The quantitative estimate of drug-likeness (QED) is 0.734. The molecule has 0 radical (unpaired) electrons. The lowest BCUT2D eigenvalue weighted by Gasteiger charge is -2.22. The van der Waals surface area contributed by atoms with Crippen LogP contribution in [0.5, 0.6) is 5.75 Å². The van der Waals surface area contributed by atoms with Gasteiger partial charge in [0, 0.05) is 24.8 Å². The molecule has 1 aromatic heterocycles. The molecular weight excluding hydrogens is 332 g/mol. The summed E-state index contributed by atoms with van der Waals surface area (Å²) in [6, 6.07) is 13.5. The minimum absolute atomic E-state index is 0.0967. The van der Waals surface area contributed by atoms with Gasteiger partial charge in [-0.1, -0.05) is 24.3 Å². The summed E-state index contributed by atoms with van der Waals surface area (Å²) >= 11 is 0. The Morgan fingerprint density at radius 2 is 1.85 bits per heavy atom. The second-order valence-corrected chi connectivity index (χ2v) is 5.83. The van der Waals surface area contributed by atoms with Gasteiger partial charge in [0.05, 0.1) is 10.9 Å². The smallest absolute Gasteiger partial charge is 0.264 e. The lowest BCUT2D eigenvalue weighted by molar-refractivity contribution is 0.0980. The molecule has 0 aliphatic carbocycles. The molecule has 1 amide bonds. The molecule has 0 aliphatic heterocycles. The van der Waals surface area contributed by atoms with Gasteiger partial charge >= 0.3 is 0 Å². The number of amides is 1. The van der Waals surface area contributed by atoms with Crippen molar-refractivity contribution < 1.29 is 14.7 Å². The Labute approximate surface area is 149 Å². The third-order valence-electron chi connectivity index (χ3n) is 4.40. The Morgan fingerprint density at radius 3 is 2.46 bits per heavy atom. The number of carbonyl (C=O) groups is 2. The number of benzene rings is 2. The van der Waals surface area contributed by atoms with Crippen molar-refractivity contribution in [3.63, 3.8) is 0 Å². The Hall–Kier alpha value is -3.41. The molecule has 3 rings (SSSR count). The fourth-order valence-corrected chi connectivity index (χ4v) is 3.11. The topological polar surface area (TPSA) is 79.6 Å². The zero-order valence-corrected chi connectivity index (χ0v) is 14.5. The van der Waals surface area contributed by atoms with Crippen LogP contribution in [-0.4, -0.2) is 28.4 Å². The second kappa shape index (κ2) is 6.84. The van der Waals surface area contributed by atoms with Crippen molar-refractivity contribution in [1.29, 1.82) is 0 Å². The fourth-order valence-electron chi connectivity index (χ4n) is 3.11. The van der Waals surface area contributed by atoms with E-state index in [0.29, 0.717) is 24.0 Å². The number of anilines is 1. The number of nitrogens with zero attached hydrogens (tertiary/aromatic N) is 2. The zero-order valence-electron chi connectivity index (χ0n) is 14.5. The molecule has 132 valence electrons. The highest BCUT2D eigenvalue weighted by molar-refractivity contribution is 6.15. The minimum atomic E-state index is -0.579. The van der Waals surface area contributed by atoms with Crippen molar-refractivity contribution in [2.24, 2.45) is 7.05 Å². The molecule has 0 aliphatic rings. The van der Waals surface area contributed by atoms with Gasteiger partial charge in [0.25, 0.3) is 11.5 Å². The predicted octanol–water partition coefficient (Wildman–Crippen LogP) is 2.72. The lowest BCUT2D eigenvalue weighted by Crippen LogP contribution is -2.37. The van der Waals surface area contributed by atoms with Gasteiger partial charge in [-0.15, -0.1) is 0 Å². The van der Waals surface area contributed by atoms with Gasteiger partial charge in [-0.2, -0.15) is 0 Å². The number of carbonyl (C=O) groups excluding carboxylic acids is 2. The first kappa shape index (κ1) is 17.4. The summed E-state index contributed by atoms with van der Waals surface area (Å²) in [6.07, 6.45) is 0.454. The number of para-hydroxylation sites is 1. The SMILES string of the molecule is CCN(C(=O)c1c(C=O)c2c(O)cccc2n(C)c1=O)c1ccccc1. The molecule has 0 atom stereocenters. The maximum atomic E-state index is 13.2. The van der Waals surface area contributed by atoms with Gasteiger partial charge in [0.1, 0.15) is 11.3 Å². The molecule has 0 unspecified atom stereocenters. The molecule has 0 fully saturated rings. The number of phenolic OH excluding ortho intramolecular Hbond substituents is 1. The molecule has 0 saturated heterocycles. The molecular formula is C20H18N2O4. The first-order valence-corrected chi connectivity index (χ1v) is 8.18. The van der Waals surface area contributed by atoms with E-state index >= 15 is 0 Å². The highest BCUT2D eigenvalue weighted by atomic mass is 16.3. The average molecular weight is 350 g/mol. The summed E-state index contributed by atoms with van der Waals surface area (Å²) in [4.78, 5) is 39.2. The van der Waals surface area contributed by atoms with Crippen molar-refractivity contribution in [1.82, 2.24) is 4.57 Å². The van der Waals surface area contributed by atoms with Crippen molar-refractivity contribution in [3.05, 3.63) is 70.0 Å². The van der Waals surface area contributed by atoms with Crippen molar-refractivity contribution in [3.8, 4) is 5.75 Å². The molecule has 26 heavy (non-hydrogen) atoms. The van der Waals surface area contributed by atoms with E-state index in [9.17, 15) is 19.5 Å². The number of fused-ring (bicyclic) bond motifs is 1. The van der Waals surface area contributed by atoms with Crippen molar-refractivity contribution >= 4 is 28.8 Å². The summed E-state index contributed by atoms with van der Waals surface area (Å²) in [5.41, 5.74) is 0.0834. The highest BCUT2D eigenvalue weighted by Crippen LogP contribution is 2.28. The van der Waals surface area contributed by atoms with Gasteiger partial charge in [-0.3, -0.25) is 14.4 Å². The van der Waals surface area contributed by atoms with Crippen LogP contribution in [0.2, 0.25) is 0 Å². The highest BCUT2D eigenvalue weighted by Gasteiger charge is 2.26. The predicted molar refractivity (Wildman–Crippen MR) is 100 cm³/mol. The number of aldehydes is 1. The van der Waals surface area contributed by atoms with Crippen LogP contribution in [0.4, 0.5) is 5.69 Å². The van der Waals surface area contributed by atoms with E-state index in [1.165, 1.54) is 22.6 Å². The normalized spacial score (nSPS) is 10.7. The summed E-state index contributed by atoms with van der Waals surface area (Å²) in [7, 11) is 1.51. The standard InChI is InChI=1S/C20H18N2O4/c1-3-22(13-8-5-4-6-9-13)20(26)18-14(12-23)17-15(21(2)19(18)25)10-7-11-16(17)24/h4-12,24H,3H2,1-2H3. The van der Waals surface area contributed by atoms with Crippen LogP contribution >= 0.6 is 0 Å². The lowest BCUT2D eigenvalue weighted by atomic mass is 10.0. The number of pyridine rings is 1. The number of phenols is 1.